The highest BCUT2D eigenvalue weighted by Gasteiger charge is 2.25. The van der Waals surface area contributed by atoms with Crippen molar-refractivity contribution in [3.05, 3.63) is 96.9 Å². The molecule has 0 N–H and O–H groups in total. The molecule has 33 heavy (non-hydrogen) atoms. The summed E-state index contributed by atoms with van der Waals surface area (Å²) in [5.41, 5.74) is 2.21. The summed E-state index contributed by atoms with van der Waals surface area (Å²) >= 11 is 5.81. The molecule has 1 aliphatic rings. The molecule has 0 bridgehead atoms. The Bertz CT molecular complexity index is 1280. The molecule has 0 amide bonds. The van der Waals surface area contributed by atoms with Gasteiger partial charge in [0.05, 0.1) is 11.1 Å². The van der Waals surface area contributed by atoms with Crippen LogP contribution in [0.5, 0.6) is 11.5 Å². The summed E-state index contributed by atoms with van der Waals surface area (Å²) in [6, 6.07) is 17.4. The van der Waals surface area contributed by atoms with Gasteiger partial charge in [-0.3, -0.25) is 0 Å². The SMILES string of the molecule is CCOc1cc(/C=C2\N=C(c3cccc(F)c3)OC2=O)cc(Br)c1OCc1cccc(I)c1. The van der Waals surface area contributed by atoms with Crippen LogP contribution in [0.4, 0.5) is 4.39 Å². The van der Waals surface area contributed by atoms with Crippen LogP contribution in [-0.4, -0.2) is 18.5 Å². The first-order valence-electron chi connectivity index (χ1n) is 10.0. The number of rotatable bonds is 7. The van der Waals surface area contributed by atoms with Gasteiger partial charge in [0.1, 0.15) is 12.4 Å². The van der Waals surface area contributed by atoms with Crippen LogP contribution in [-0.2, 0) is 16.1 Å². The lowest BCUT2D eigenvalue weighted by atomic mass is 10.1. The number of cyclic esters (lactones) is 1. The third-order valence-corrected chi connectivity index (χ3v) is 5.86. The molecule has 0 atom stereocenters. The zero-order valence-electron chi connectivity index (χ0n) is 17.5. The third kappa shape index (κ3) is 5.80. The predicted molar refractivity (Wildman–Crippen MR) is 136 cm³/mol. The zero-order chi connectivity index (χ0) is 23.4. The van der Waals surface area contributed by atoms with Crippen molar-refractivity contribution < 1.29 is 23.4 Å². The smallest absolute Gasteiger partial charge is 0.363 e. The van der Waals surface area contributed by atoms with Gasteiger partial charge in [0.15, 0.2) is 17.2 Å². The van der Waals surface area contributed by atoms with E-state index in [4.69, 9.17) is 14.2 Å². The van der Waals surface area contributed by atoms with Gasteiger partial charge in [-0.05, 0) is 105 Å². The highest BCUT2D eigenvalue weighted by atomic mass is 127. The summed E-state index contributed by atoms with van der Waals surface area (Å²) in [6.45, 7) is 2.70. The normalized spacial score (nSPS) is 14.2. The fraction of sp³-hybridized carbons (Fsp3) is 0.120. The maximum absolute atomic E-state index is 13.5. The highest BCUT2D eigenvalue weighted by Crippen LogP contribution is 2.38. The van der Waals surface area contributed by atoms with Crippen LogP contribution in [0.3, 0.4) is 0 Å². The largest absolute Gasteiger partial charge is 0.490 e. The molecule has 1 heterocycles. The molecule has 0 unspecified atom stereocenters. The highest BCUT2D eigenvalue weighted by molar-refractivity contribution is 14.1. The Labute approximate surface area is 212 Å². The van der Waals surface area contributed by atoms with Gasteiger partial charge in [0.25, 0.3) is 0 Å². The van der Waals surface area contributed by atoms with Crippen molar-refractivity contribution in [2.45, 2.75) is 13.5 Å². The minimum Gasteiger partial charge on any atom is -0.490 e. The number of carbonyl (C=O) groups excluding carboxylic acids is 1. The number of esters is 1. The van der Waals surface area contributed by atoms with E-state index in [1.807, 2.05) is 37.3 Å². The van der Waals surface area contributed by atoms with E-state index < -0.39 is 11.8 Å². The molecular weight excluding hydrogens is 604 g/mol. The lowest BCUT2D eigenvalue weighted by Gasteiger charge is -2.15. The van der Waals surface area contributed by atoms with Crippen LogP contribution in [0.1, 0.15) is 23.6 Å². The Hall–Kier alpha value is -2.72. The Balaban J connectivity index is 1.61. The summed E-state index contributed by atoms with van der Waals surface area (Å²) in [4.78, 5) is 16.6. The molecule has 1 aliphatic heterocycles. The van der Waals surface area contributed by atoms with E-state index in [9.17, 15) is 9.18 Å². The van der Waals surface area contributed by atoms with Gasteiger partial charge in [-0.2, -0.15) is 0 Å². The molecule has 0 spiro atoms. The first-order chi connectivity index (χ1) is 15.9. The van der Waals surface area contributed by atoms with Gasteiger partial charge in [-0.15, -0.1) is 0 Å². The molecule has 0 aromatic heterocycles. The van der Waals surface area contributed by atoms with Crippen molar-refractivity contribution in [3.8, 4) is 11.5 Å². The molecule has 0 saturated carbocycles. The van der Waals surface area contributed by atoms with Crippen molar-refractivity contribution in [3.63, 3.8) is 0 Å². The zero-order valence-corrected chi connectivity index (χ0v) is 21.2. The number of halogens is 3. The quantitative estimate of drug-likeness (QED) is 0.171. The summed E-state index contributed by atoms with van der Waals surface area (Å²) in [7, 11) is 0. The second kappa shape index (κ2) is 10.5. The first-order valence-corrected chi connectivity index (χ1v) is 11.9. The van der Waals surface area contributed by atoms with E-state index in [1.165, 1.54) is 18.2 Å². The lowest BCUT2D eigenvalue weighted by Crippen LogP contribution is -2.05. The molecule has 0 radical (unpaired) electrons. The molecule has 3 aromatic carbocycles. The molecule has 0 aliphatic carbocycles. The second-order valence-electron chi connectivity index (χ2n) is 7.03. The molecule has 4 rings (SSSR count). The van der Waals surface area contributed by atoms with Crippen molar-refractivity contribution >= 4 is 56.5 Å². The third-order valence-electron chi connectivity index (χ3n) is 4.60. The van der Waals surface area contributed by atoms with Crippen LogP contribution >= 0.6 is 38.5 Å². The van der Waals surface area contributed by atoms with Crippen LogP contribution in [0.15, 0.2) is 75.8 Å². The Morgan fingerprint density at radius 3 is 2.70 bits per heavy atom. The maximum Gasteiger partial charge on any atom is 0.363 e. The predicted octanol–water partition coefficient (Wildman–Crippen LogP) is 6.52. The summed E-state index contributed by atoms with van der Waals surface area (Å²) in [5.74, 6) is 0.116. The molecule has 3 aromatic rings. The molecule has 0 saturated heterocycles. The summed E-state index contributed by atoms with van der Waals surface area (Å²) in [6.07, 6.45) is 1.59. The number of carbonyl (C=O) groups is 1. The van der Waals surface area contributed by atoms with Gasteiger partial charge in [0, 0.05) is 9.13 Å². The van der Waals surface area contributed by atoms with E-state index in [-0.39, 0.29) is 11.6 Å². The van der Waals surface area contributed by atoms with E-state index in [2.05, 4.69) is 43.5 Å². The molecule has 0 fully saturated rings. The standard InChI is InChI=1S/C25H18BrFINO4/c1-2-31-22-12-16(10-20(26)23(22)32-14-15-5-3-8-19(28)9-15)11-21-25(30)33-24(29-21)17-6-4-7-18(27)13-17/h3-13H,2,14H2,1H3/b21-11-. The molecule has 168 valence electrons. The monoisotopic (exact) mass is 621 g/mol. The van der Waals surface area contributed by atoms with Crippen LogP contribution in [0, 0.1) is 9.39 Å². The Kier molecular flexibility index (Phi) is 7.44. The van der Waals surface area contributed by atoms with Gasteiger partial charge < -0.3 is 14.2 Å². The van der Waals surface area contributed by atoms with E-state index >= 15 is 0 Å². The van der Waals surface area contributed by atoms with Gasteiger partial charge in [0.2, 0.25) is 5.90 Å². The number of nitrogens with zero attached hydrogens (tertiary/aromatic N) is 1. The fourth-order valence-corrected chi connectivity index (χ4v) is 4.35. The maximum atomic E-state index is 13.5. The minimum atomic E-state index is -0.609. The number of ether oxygens (including phenoxy) is 3. The molecular formula is C25H18BrFINO4. The van der Waals surface area contributed by atoms with Crippen molar-refractivity contribution in [2.75, 3.05) is 6.61 Å². The van der Waals surface area contributed by atoms with Gasteiger partial charge in [-0.1, -0.05) is 18.2 Å². The van der Waals surface area contributed by atoms with Crippen molar-refractivity contribution in [1.29, 1.82) is 0 Å². The first kappa shape index (κ1) is 23.4. The molecule has 8 heteroatoms. The topological polar surface area (TPSA) is 57.1 Å². The fourth-order valence-electron chi connectivity index (χ4n) is 3.17. The van der Waals surface area contributed by atoms with Gasteiger partial charge >= 0.3 is 5.97 Å². The minimum absolute atomic E-state index is 0.0623. The number of benzene rings is 3. The van der Waals surface area contributed by atoms with Gasteiger partial charge in [-0.25, -0.2) is 14.2 Å². The average molecular weight is 622 g/mol. The average Bonchev–Trinajstić information content (AvgIpc) is 3.14. The summed E-state index contributed by atoms with van der Waals surface area (Å²) in [5, 5.41) is 0. The second-order valence-corrected chi connectivity index (χ2v) is 9.13. The van der Waals surface area contributed by atoms with Crippen molar-refractivity contribution in [2.24, 2.45) is 4.99 Å². The Morgan fingerprint density at radius 1 is 1.12 bits per heavy atom. The molecule has 5 nitrogen and oxygen atoms in total. The number of hydrogen-bond donors (Lipinski definition) is 0. The van der Waals surface area contributed by atoms with Crippen LogP contribution < -0.4 is 9.47 Å². The number of hydrogen-bond acceptors (Lipinski definition) is 5. The number of aliphatic imine (C=N–C) groups is 1. The van der Waals surface area contributed by atoms with E-state index in [0.717, 1.165) is 9.13 Å². The van der Waals surface area contributed by atoms with E-state index in [0.29, 0.717) is 40.3 Å². The lowest BCUT2D eigenvalue weighted by molar-refractivity contribution is -0.129. The van der Waals surface area contributed by atoms with Crippen LogP contribution in [0.2, 0.25) is 0 Å². The Morgan fingerprint density at radius 2 is 1.94 bits per heavy atom. The van der Waals surface area contributed by atoms with Crippen molar-refractivity contribution in [1.82, 2.24) is 0 Å². The summed E-state index contributed by atoms with van der Waals surface area (Å²) < 4.78 is 32.4. The van der Waals surface area contributed by atoms with Crippen LogP contribution in [0.25, 0.3) is 6.08 Å². The van der Waals surface area contributed by atoms with E-state index in [1.54, 1.807) is 18.2 Å².